The molecule has 0 aliphatic carbocycles. The highest BCUT2D eigenvalue weighted by atomic mass is 35.5. The molecule has 0 saturated heterocycles. The molecule has 110 valence electrons. The minimum Gasteiger partial charge on any atom is -0.383 e. The lowest BCUT2D eigenvalue weighted by Crippen LogP contribution is -2.10. The van der Waals surface area contributed by atoms with E-state index in [0.29, 0.717) is 27.0 Å². The summed E-state index contributed by atoms with van der Waals surface area (Å²) in [6.45, 7) is 1.88. The molecule has 0 bridgehead atoms. The number of imidazole rings is 1. The number of carbonyl (C=O) groups is 1. The van der Waals surface area contributed by atoms with Gasteiger partial charge < -0.3 is 9.88 Å². The largest absolute Gasteiger partial charge is 0.383 e. The summed E-state index contributed by atoms with van der Waals surface area (Å²) >= 11 is 12.0. The number of halogens is 2. The lowest BCUT2D eigenvalue weighted by atomic mass is 10.0. The molecule has 4 nitrogen and oxygen atoms in total. The molecule has 1 aromatic heterocycles. The van der Waals surface area contributed by atoms with Crippen molar-refractivity contribution >= 4 is 34.6 Å². The number of Topliss-reactive ketones (excluding diaryl/α,β-unsaturated/α-hetero) is 1. The topological polar surface area (TPSA) is 49.0 Å². The molecule has 21 heavy (non-hydrogen) atoms. The molecular weight excluding hydrogens is 309 g/mol. The van der Waals surface area contributed by atoms with Crippen molar-refractivity contribution in [1.29, 1.82) is 0 Å². The Morgan fingerprint density at radius 1 is 1.33 bits per heavy atom. The van der Waals surface area contributed by atoms with Crippen LogP contribution in [0.5, 0.6) is 0 Å². The third-order valence-electron chi connectivity index (χ3n) is 2.77. The van der Waals surface area contributed by atoms with Crippen molar-refractivity contribution in [3.8, 4) is 0 Å². The number of carbonyl (C=O) groups excluding carboxylic acids is 1. The van der Waals surface area contributed by atoms with Gasteiger partial charge in [0.15, 0.2) is 5.78 Å². The van der Waals surface area contributed by atoms with Crippen LogP contribution in [-0.4, -0.2) is 34.7 Å². The van der Waals surface area contributed by atoms with E-state index in [-0.39, 0.29) is 5.78 Å². The maximum Gasteiger partial charge on any atom is 0.199 e. The Hall–Kier alpha value is -1.78. The van der Waals surface area contributed by atoms with Crippen LogP contribution in [0.3, 0.4) is 0 Å². The van der Waals surface area contributed by atoms with E-state index in [1.807, 2.05) is 21.0 Å². The van der Waals surface area contributed by atoms with E-state index in [9.17, 15) is 4.79 Å². The number of aryl methyl sites for hydroxylation is 1. The molecule has 6 heteroatoms. The maximum atomic E-state index is 12.7. The van der Waals surface area contributed by atoms with Gasteiger partial charge >= 0.3 is 0 Å². The van der Waals surface area contributed by atoms with E-state index in [1.165, 1.54) is 0 Å². The predicted octanol–water partition coefficient (Wildman–Crippen LogP) is 3.81. The normalized spacial score (nSPS) is 11.6. The van der Waals surface area contributed by atoms with Gasteiger partial charge in [-0.05, 0) is 25.1 Å². The number of allylic oxidation sites excluding steroid dienone is 1. The van der Waals surface area contributed by atoms with Crippen molar-refractivity contribution in [1.82, 2.24) is 14.9 Å². The second-order valence-electron chi connectivity index (χ2n) is 4.87. The third-order valence-corrected chi connectivity index (χ3v) is 3.31. The van der Waals surface area contributed by atoms with Crippen LogP contribution in [0.15, 0.2) is 30.6 Å². The minimum absolute atomic E-state index is 0.209. The molecule has 0 fully saturated rings. The zero-order valence-corrected chi connectivity index (χ0v) is 13.5. The zero-order valence-electron chi connectivity index (χ0n) is 11.9. The summed E-state index contributed by atoms with van der Waals surface area (Å²) < 4.78 is 0. The first-order valence-corrected chi connectivity index (χ1v) is 7.04. The van der Waals surface area contributed by atoms with E-state index < -0.39 is 0 Å². The van der Waals surface area contributed by atoms with E-state index in [4.69, 9.17) is 23.2 Å². The summed E-state index contributed by atoms with van der Waals surface area (Å²) in [5.41, 5.74) is 1.71. The molecular formula is C15H15Cl2N3O. The highest BCUT2D eigenvalue weighted by Crippen LogP contribution is 2.26. The van der Waals surface area contributed by atoms with Crippen LogP contribution in [0.4, 0.5) is 0 Å². The first-order valence-electron chi connectivity index (χ1n) is 6.28. The second-order valence-corrected chi connectivity index (χ2v) is 5.72. The number of nitrogens with one attached hydrogen (secondary N) is 1. The molecule has 2 rings (SSSR count). The van der Waals surface area contributed by atoms with Crippen molar-refractivity contribution in [3.63, 3.8) is 0 Å². The Bertz CT molecular complexity index is 705. The molecule has 0 radical (unpaired) electrons. The van der Waals surface area contributed by atoms with Crippen molar-refractivity contribution in [3.05, 3.63) is 57.7 Å². The first kappa shape index (κ1) is 15.6. The maximum absolute atomic E-state index is 12.7. The van der Waals surface area contributed by atoms with Crippen molar-refractivity contribution < 1.29 is 4.79 Å². The molecule has 0 amide bonds. The fraction of sp³-hybridized carbons (Fsp3) is 0.200. The SMILES string of the molecule is Cc1cnc(/C(=C\N(C)C)C(=O)c2ccc(Cl)cc2Cl)[nH]1. The number of aromatic amines is 1. The average molecular weight is 324 g/mol. The van der Waals surface area contributed by atoms with Gasteiger partial charge in [-0.1, -0.05) is 23.2 Å². The van der Waals surface area contributed by atoms with Gasteiger partial charge in [0.25, 0.3) is 0 Å². The van der Waals surface area contributed by atoms with Gasteiger partial charge in [0.2, 0.25) is 0 Å². The molecule has 0 aliphatic rings. The van der Waals surface area contributed by atoms with E-state index >= 15 is 0 Å². The number of hydrogen-bond acceptors (Lipinski definition) is 3. The Morgan fingerprint density at radius 2 is 2.05 bits per heavy atom. The van der Waals surface area contributed by atoms with Gasteiger partial charge in [0, 0.05) is 42.8 Å². The number of benzene rings is 1. The molecule has 1 heterocycles. The highest BCUT2D eigenvalue weighted by Gasteiger charge is 2.20. The van der Waals surface area contributed by atoms with E-state index in [0.717, 1.165) is 5.69 Å². The Kier molecular flexibility index (Phi) is 4.70. The fourth-order valence-electron chi connectivity index (χ4n) is 1.85. The van der Waals surface area contributed by atoms with Gasteiger partial charge in [-0.2, -0.15) is 0 Å². The standard InChI is InChI=1S/C15H15Cl2N3O/c1-9-7-18-15(19-9)12(8-20(2)3)14(21)11-5-4-10(16)6-13(11)17/h4-8H,1-3H3,(H,18,19)/b12-8-. The molecule has 0 spiro atoms. The number of nitrogens with zero attached hydrogens (tertiary/aromatic N) is 2. The molecule has 0 aliphatic heterocycles. The van der Waals surface area contributed by atoms with Gasteiger partial charge in [0.05, 0.1) is 10.6 Å². The molecule has 0 saturated carbocycles. The van der Waals surface area contributed by atoms with Crippen molar-refractivity contribution in [2.24, 2.45) is 0 Å². The molecule has 1 N–H and O–H groups in total. The average Bonchev–Trinajstić information content (AvgIpc) is 2.81. The number of aromatic nitrogens is 2. The number of hydrogen-bond donors (Lipinski definition) is 1. The Morgan fingerprint density at radius 3 is 2.57 bits per heavy atom. The van der Waals surface area contributed by atoms with Crippen LogP contribution in [0, 0.1) is 6.92 Å². The smallest absolute Gasteiger partial charge is 0.199 e. The first-order chi connectivity index (χ1) is 9.88. The lowest BCUT2D eigenvalue weighted by molar-refractivity contribution is 0.105. The summed E-state index contributed by atoms with van der Waals surface area (Å²) in [6, 6.07) is 4.81. The van der Waals surface area contributed by atoms with E-state index in [1.54, 1.807) is 35.5 Å². The molecule has 0 unspecified atom stereocenters. The van der Waals surface area contributed by atoms with Crippen molar-refractivity contribution in [2.75, 3.05) is 14.1 Å². The van der Waals surface area contributed by atoms with Crippen LogP contribution in [0.1, 0.15) is 21.9 Å². The molecule has 2 aromatic rings. The summed E-state index contributed by atoms with van der Waals surface area (Å²) in [4.78, 5) is 21.8. The predicted molar refractivity (Wildman–Crippen MR) is 85.8 cm³/mol. The minimum atomic E-state index is -0.209. The summed E-state index contributed by atoms with van der Waals surface area (Å²) in [5.74, 6) is 0.303. The van der Waals surface area contributed by atoms with Crippen LogP contribution in [0.2, 0.25) is 10.0 Å². The molecule has 0 atom stereocenters. The summed E-state index contributed by atoms with van der Waals surface area (Å²) in [7, 11) is 3.68. The van der Waals surface area contributed by atoms with Gasteiger partial charge in [-0.25, -0.2) is 4.98 Å². The van der Waals surface area contributed by atoms with Gasteiger partial charge in [0.1, 0.15) is 5.82 Å². The molecule has 1 aromatic carbocycles. The number of H-pyrrole nitrogens is 1. The quantitative estimate of drug-likeness (QED) is 0.687. The van der Waals surface area contributed by atoms with Crippen LogP contribution in [-0.2, 0) is 0 Å². The Labute approximate surface area is 133 Å². The fourth-order valence-corrected chi connectivity index (χ4v) is 2.35. The van der Waals surface area contributed by atoms with Crippen LogP contribution in [0.25, 0.3) is 5.57 Å². The number of ketones is 1. The lowest BCUT2D eigenvalue weighted by Gasteiger charge is -2.11. The Balaban J connectivity index is 2.49. The van der Waals surface area contributed by atoms with Crippen LogP contribution < -0.4 is 0 Å². The zero-order chi connectivity index (χ0) is 15.6. The van der Waals surface area contributed by atoms with Gasteiger partial charge in [-0.3, -0.25) is 4.79 Å². The van der Waals surface area contributed by atoms with Gasteiger partial charge in [-0.15, -0.1) is 0 Å². The number of rotatable bonds is 4. The summed E-state index contributed by atoms with van der Waals surface area (Å²) in [5, 5.41) is 0.809. The third kappa shape index (κ3) is 3.65. The second kappa shape index (κ2) is 6.33. The van der Waals surface area contributed by atoms with Crippen LogP contribution >= 0.6 is 23.2 Å². The monoisotopic (exact) mass is 323 g/mol. The summed E-state index contributed by atoms with van der Waals surface area (Å²) in [6.07, 6.45) is 3.39. The van der Waals surface area contributed by atoms with Crippen molar-refractivity contribution in [2.45, 2.75) is 6.92 Å². The van der Waals surface area contributed by atoms with E-state index in [2.05, 4.69) is 9.97 Å². The highest BCUT2D eigenvalue weighted by molar-refractivity contribution is 6.40.